The number of nitrogens with zero attached hydrogens (tertiary/aromatic N) is 1. The maximum absolute atomic E-state index is 13.5. The van der Waals surface area contributed by atoms with Crippen LogP contribution in [0.15, 0.2) is 60.7 Å². The standard InChI is InChI=1S/C21H18FNO3/c1-2-26-20-9-4-3-8-16(20)18-11-10-17(21(24)25)19(23-18)13-14-6-5-7-15(22)12-14/h3-12H,2,13H2,1H3,(H,24,25). The highest BCUT2D eigenvalue weighted by Crippen LogP contribution is 2.29. The van der Waals surface area contributed by atoms with Gasteiger partial charge in [-0.15, -0.1) is 0 Å². The maximum atomic E-state index is 13.5. The van der Waals surface area contributed by atoms with Crippen LogP contribution in [0.3, 0.4) is 0 Å². The van der Waals surface area contributed by atoms with Gasteiger partial charge in [-0.1, -0.05) is 24.3 Å². The van der Waals surface area contributed by atoms with E-state index in [2.05, 4.69) is 4.98 Å². The summed E-state index contributed by atoms with van der Waals surface area (Å²) in [6.07, 6.45) is 0.226. The highest BCUT2D eigenvalue weighted by Gasteiger charge is 2.15. The minimum absolute atomic E-state index is 0.104. The summed E-state index contributed by atoms with van der Waals surface area (Å²) in [6, 6.07) is 16.7. The molecule has 4 nitrogen and oxygen atoms in total. The second-order valence-corrected chi connectivity index (χ2v) is 5.73. The first-order valence-electron chi connectivity index (χ1n) is 8.28. The van der Waals surface area contributed by atoms with E-state index in [1.165, 1.54) is 18.2 Å². The molecule has 0 aliphatic rings. The maximum Gasteiger partial charge on any atom is 0.337 e. The number of carboxylic acids is 1. The van der Waals surface area contributed by atoms with Crippen LogP contribution in [0.25, 0.3) is 11.3 Å². The summed E-state index contributed by atoms with van der Waals surface area (Å²) in [6.45, 7) is 2.41. The van der Waals surface area contributed by atoms with E-state index < -0.39 is 5.97 Å². The van der Waals surface area contributed by atoms with Crippen molar-refractivity contribution >= 4 is 5.97 Å². The van der Waals surface area contributed by atoms with Crippen LogP contribution in [-0.4, -0.2) is 22.7 Å². The van der Waals surface area contributed by atoms with Gasteiger partial charge in [0.1, 0.15) is 11.6 Å². The van der Waals surface area contributed by atoms with Crippen molar-refractivity contribution in [2.24, 2.45) is 0 Å². The van der Waals surface area contributed by atoms with Gasteiger partial charge in [-0.25, -0.2) is 9.18 Å². The zero-order valence-electron chi connectivity index (χ0n) is 14.3. The average molecular weight is 351 g/mol. The third-order valence-corrected chi connectivity index (χ3v) is 3.93. The number of rotatable bonds is 6. The summed E-state index contributed by atoms with van der Waals surface area (Å²) in [5.41, 5.74) is 2.55. The smallest absolute Gasteiger partial charge is 0.337 e. The summed E-state index contributed by atoms with van der Waals surface area (Å²) in [7, 11) is 0. The van der Waals surface area contributed by atoms with Crippen molar-refractivity contribution in [3.8, 4) is 17.0 Å². The quantitative estimate of drug-likeness (QED) is 0.706. The van der Waals surface area contributed by atoms with Crippen LogP contribution < -0.4 is 4.74 Å². The van der Waals surface area contributed by atoms with E-state index >= 15 is 0 Å². The van der Waals surface area contributed by atoms with E-state index in [0.29, 0.717) is 29.3 Å². The molecule has 0 aliphatic carbocycles. The molecular formula is C21H18FNO3. The number of pyridine rings is 1. The molecule has 0 spiro atoms. The van der Waals surface area contributed by atoms with Crippen molar-refractivity contribution in [2.75, 3.05) is 6.61 Å². The number of hydrogen-bond donors (Lipinski definition) is 1. The third-order valence-electron chi connectivity index (χ3n) is 3.93. The molecular weight excluding hydrogens is 333 g/mol. The van der Waals surface area contributed by atoms with Crippen LogP contribution in [0.4, 0.5) is 4.39 Å². The molecule has 1 N–H and O–H groups in total. The van der Waals surface area contributed by atoms with Crippen LogP contribution in [0.2, 0.25) is 0 Å². The highest BCUT2D eigenvalue weighted by atomic mass is 19.1. The number of benzene rings is 2. The van der Waals surface area contributed by atoms with Gasteiger partial charge in [0.15, 0.2) is 0 Å². The number of aromatic carboxylic acids is 1. The SMILES string of the molecule is CCOc1ccccc1-c1ccc(C(=O)O)c(Cc2cccc(F)c2)n1. The van der Waals surface area contributed by atoms with Gasteiger partial charge in [-0.3, -0.25) is 4.98 Å². The molecule has 2 aromatic carbocycles. The monoisotopic (exact) mass is 351 g/mol. The molecule has 3 rings (SSSR count). The Hall–Kier alpha value is -3.21. The van der Waals surface area contributed by atoms with Crippen LogP contribution in [0.1, 0.15) is 28.5 Å². The van der Waals surface area contributed by atoms with Crippen LogP contribution in [-0.2, 0) is 6.42 Å². The Morgan fingerprint density at radius 2 is 1.92 bits per heavy atom. The van der Waals surface area contributed by atoms with E-state index in [4.69, 9.17) is 4.74 Å². The fourth-order valence-electron chi connectivity index (χ4n) is 2.78. The number of halogens is 1. The Morgan fingerprint density at radius 1 is 1.12 bits per heavy atom. The van der Waals surface area contributed by atoms with Gasteiger partial charge < -0.3 is 9.84 Å². The molecule has 5 heteroatoms. The molecule has 0 saturated carbocycles. The number of carboxylic acid groups (broad SMARTS) is 1. The lowest BCUT2D eigenvalue weighted by Gasteiger charge is -2.12. The zero-order chi connectivity index (χ0) is 18.5. The predicted octanol–water partition coefficient (Wildman–Crippen LogP) is 4.58. The number of ether oxygens (including phenoxy) is 1. The molecule has 0 aliphatic heterocycles. The summed E-state index contributed by atoms with van der Waals surface area (Å²) >= 11 is 0. The Bertz CT molecular complexity index is 940. The molecule has 0 amide bonds. The van der Waals surface area contributed by atoms with Gasteiger partial charge in [-0.05, 0) is 48.9 Å². The number of para-hydroxylation sites is 1. The van der Waals surface area contributed by atoms with Gasteiger partial charge in [0.05, 0.1) is 23.6 Å². The summed E-state index contributed by atoms with van der Waals surface area (Å²) in [5.74, 6) is -0.743. The lowest BCUT2D eigenvalue weighted by molar-refractivity contribution is 0.0695. The average Bonchev–Trinajstić information content (AvgIpc) is 2.62. The summed E-state index contributed by atoms with van der Waals surface area (Å²) in [4.78, 5) is 16.1. The van der Waals surface area contributed by atoms with Crippen molar-refractivity contribution in [3.63, 3.8) is 0 Å². The molecule has 1 aromatic heterocycles. The van der Waals surface area contributed by atoms with Gasteiger partial charge in [-0.2, -0.15) is 0 Å². The van der Waals surface area contributed by atoms with Crippen LogP contribution in [0, 0.1) is 5.82 Å². The Labute approximate surface area is 150 Å². The fraction of sp³-hybridized carbons (Fsp3) is 0.143. The molecule has 0 saturated heterocycles. The summed E-state index contributed by atoms with van der Waals surface area (Å²) < 4.78 is 19.1. The molecule has 132 valence electrons. The van der Waals surface area contributed by atoms with E-state index in [9.17, 15) is 14.3 Å². The number of carbonyl (C=O) groups is 1. The van der Waals surface area contributed by atoms with Crippen molar-refractivity contribution < 1.29 is 19.0 Å². The first kappa shape index (κ1) is 17.6. The zero-order valence-corrected chi connectivity index (χ0v) is 14.3. The van der Waals surface area contributed by atoms with Gasteiger partial charge in [0.2, 0.25) is 0 Å². The first-order valence-corrected chi connectivity index (χ1v) is 8.28. The van der Waals surface area contributed by atoms with Gasteiger partial charge in [0, 0.05) is 12.0 Å². The predicted molar refractivity (Wildman–Crippen MR) is 97.0 cm³/mol. The van der Waals surface area contributed by atoms with Crippen molar-refractivity contribution in [1.82, 2.24) is 4.98 Å². The normalized spacial score (nSPS) is 10.5. The van der Waals surface area contributed by atoms with E-state index in [1.807, 2.05) is 31.2 Å². The topological polar surface area (TPSA) is 59.4 Å². The molecule has 1 heterocycles. The van der Waals surface area contributed by atoms with Crippen molar-refractivity contribution in [3.05, 3.63) is 83.3 Å². The molecule has 0 atom stereocenters. The van der Waals surface area contributed by atoms with E-state index in [0.717, 1.165) is 5.56 Å². The number of hydrogen-bond acceptors (Lipinski definition) is 3. The molecule has 0 bridgehead atoms. The lowest BCUT2D eigenvalue weighted by atomic mass is 10.0. The molecule has 0 fully saturated rings. The third kappa shape index (κ3) is 3.88. The molecule has 0 radical (unpaired) electrons. The van der Waals surface area contributed by atoms with Crippen LogP contribution in [0.5, 0.6) is 5.75 Å². The highest BCUT2D eigenvalue weighted by molar-refractivity contribution is 5.89. The van der Waals surface area contributed by atoms with Gasteiger partial charge in [0.25, 0.3) is 0 Å². The molecule has 0 unspecified atom stereocenters. The number of aromatic nitrogens is 1. The van der Waals surface area contributed by atoms with Crippen molar-refractivity contribution in [2.45, 2.75) is 13.3 Å². The van der Waals surface area contributed by atoms with Gasteiger partial charge >= 0.3 is 5.97 Å². The van der Waals surface area contributed by atoms with Crippen LogP contribution >= 0.6 is 0 Å². The van der Waals surface area contributed by atoms with E-state index in [1.54, 1.807) is 18.2 Å². The molecule has 26 heavy (non-hydrogen) atoms. The van der Waals surface area contributed by atoms with E-state index in [-0.39, 0.29) is 17.8 Å². The summed E-state index contributed by atoms with van der Waals surface area (Å²) in [5, 5.41) is 9.46. The second kappa shape index (κ2) is 7.78. The van der Waals surface area contributed by atoms with Crippen molar-refractivity contribution in [1.29, 1.82) is 0 Å². The largest absolute Gasteiger partial charge is 0.493 e. The minimum Gasteiger partial charge on any atom is -0.493 e. The lowest BCUT2D eigenvalue weighted by Crippen LogP contribution is -2.07. The second-order valence-electron chi connectivity index (χ2n) is 5.73. The Kier molecular flexibility index (Phi) is 5.27. The first-order chi connectivity index (χ1) is 12.6. The minimum atomic E-state index is -1.06. The fourth-order valence-corrected chi connectivity index (χ4v) is 2.78. The Balaban J connectivity index is 2.06. The molecule has 3 aromatic rings. The Morgan fingerprint density at radius 3 is 2.65 bits per heavy atom.